The molecule has 0 bridgehead atoms. The Labute approximate surface area is 160 Å². The minimum atomic E-state index is -0.730. The van der Waals surface area contributed by atoms with Gasteiger partial charge < -0.3 is 20.4 Å². The van der Waals surface area contributed by atoms with E-state index in [4.69, 9.17) is 0 Å². The highest BCUT2D eigenvalue weighted by atomic mass is 16.2. The van der Waals surface area contributed by atoms with Crippen LogP contribution in [0.15, 0.2) is 0 Å². The number of nitrogens with one attached hydrogen (secondary N) is 2. The second-order valence-corrected chi connectivity index (χ2v) is 7.84. The molecule has 0 unspecified atom stereocenters. The van der Waals surface area contributed by atoms with Gasteiger partial charge in [0.05, 0.1) is 6.54 Å². The van der Waals surface area contributed by atoms with Crippen LogP contribution < -0.4 is 10.6 Å². The van der Waals surface area contributed by atoms with Gasteiger partial charge in [0.2, 0.25) is 23.6 Å². The van der Waals surface area contributed by atoms with Crippen molar-refractivity contribution in [3.05, 3.63) is 0 Å². The van der Waals surface area contributed by atoms with E-state index in [1.165, 1.54) is 6.92 Å². The summed E-state index contributed by atoms with van der Waals surface area (Å²) in [6.07, 6.45) is 6.38. The Morgan fingerprint density at radius 1 is 1.04 bits per heavy atom. The van der Waals surface area contributed by atoms with Crippen molar-refractivity contribution < 1.29 is 19.2 Å². The first kappa shape index (κ1) is 19.6. The summed E-state index contributed by atoms with van der Waals surface area (Å²) in [5.74, 6) is -0.638. The van der Waals surface area contributed by atoms with Crippen LogP contribution in [0.5, 0.6) is 0 Å². The summed E-state index contributed by atoms with van der Waals surface area (Å²) in [5.41, 5.74) is 0. The Morgan fingerprint density at radius 3 is 2.44 bits per heavy atom. The number of nitrogens with zero attached hydrogens (tertiary/aromatic N) is 2. The number of hydrogen-bond acceptors (Lipinski definition) is 4. The van der Waals surface area contributed by atoms with Crippen molar-refractivity contribution in [3.8, 4) is 0 Å². The van der Waals surface area contributed by atoms with E-state index >= 15 is 0 Å². The van der Waals surface area contributed by atoms with Gasteiger partial charge in [-0.3, -0.25) is 19.2 Å². The molecule has 2 heterocycles. The van der Waals surface area contributed by atoms with Crippen molar-refractivity contribution in [1.29, 1.82) is 0 Å². The van der Waals surface area contributed by atoms with Crippen molar-refractivity contribution in [3.63, 3.8) is 0 Å². The number of rotatable bonds is 3. The van der Waals surface area contributed by atoms with Gasteiger partial charge in [-0.2, -0.15) is 0 Å². The van der Waals surface area contributed by atoms with Crippen LogP contribution in [0, 0.1) is 5.92 Å². The Hall–Kier alpha value is -2.12. The first-order valence-electron chi connectivity index (χ1n) is 10.1. The lowest BCUT2D eigenvalue weighted by molar-refractivity contribution is -0.151. The number of piperazine rings is 1. The SMILES string of the molecule is CC(=O)N1CCN(C(=O)C2CCCCC2)[C@@H](C(=O)N[C@H]2CCCNC2=O)C1. The summed E-state index contributed by atoms with van der Waals surface area (Å²) in [5, 5.41) is 5.56. The predicted molar refractivity (Wildman–Crippen MR) is 98.5 cm³/mol. The summed E-state index contributed by atoms with van der Waals surface area (Å²) in [7, 11) is 0. The van der Waals surface area contributed by atoms with E-state index in [0.29, 0.717) is 26.1 Å². The summed E-state index contributed by atoms with van der Waals surface area (Å²) < 4.78 is 0. The minimum Gasteiger partial charge on any atom is -0.354 e. The van der Waals surface area contributed by atoms with Gasteiger partial charge in [0.1, 0.15) is 12.1 Å². The molecule has 2 N–H and O–H groups in total. The average molecular weight is 378 g/mol. The third kappa shape index (κ3) is 4.59. The van der Waals surface area contributed by atoms with Crippen LogP contribution in [-0.2, 0) is 19.2 Å². The maximum atomic E-state index is 13.1. The number of carbonyl (C=O) groups excluding carboxylic acids is 4. The van der Waals surface area contributed by atoms with E-state index in [-0.39, 0.29) is 36.1 Å². The van der Waals surface area contributed by atoms with Gasteiger partial charge >= 0.3 is 0 Å². The molecule has 0 spiro atoms. The largest absolute Gasteiger partial charge is 0.354 e. The van der Waals surface area contributed by atoms with Gasteiger partial charge in [-0.05, 0) is 25.7 Å². The van der Waals surface area contributed by atoms with E-state index in [2.05, 4.69) is 10.6 Å². The fourth-order valence-corrected chi connectivity index (χ4v) is 4.32. The molecule has 1 saturated carbocycles. The van der Waals surface area contributed by atoms with Gasteiger partial charge in [-0.1, -0.05) is 19.3 Å². The van der Waals surface area contributed by atoms with Crippen LogP contribution in [0.25, 0.3) is 0 Å². The normalized spacial score (nSPS) is 27.1. The summed E-state index contributed by atoms with van der Waals surface area (Å²) in [4.78, 5) is 53.1. The van der Waals surface area contributed by atoms with Crippen LogP contribution in [0.3, 0.4) is 0 Å². The monoisotopic (exact) mass is 378 g/mol. The molecular formula is C19H30N4O4. The third-order valence-corrected chi connectivity index (χ3v) is 5.97. The van der Waals surface area contributed by atoms with Crippen molar-refractivity contribution in [1.82, 2.24) is 20.4 Å². The van der Waals surface area contributed by atoms with Crippen LogP contribution in [0.1, 0.15) is 51.9 Å². The van der Waals surface area contributed by atoms with Crippen LogP contribution >= 0.6 is 0 Å². The fraction of sp³-hybridized carbons (Fsp3) is 0.789. The minimum absolute atomic E-state index is 0.0196. The van der Waals surface area contributed by atoms with E-state index in [1.54, 1.807) is 9.80 Å². The molecule has 2 aliphatic heterocycles. The molecule has 150 valence electrons. The Bertz CT molecular complexity index is 603. The van der Waals surface area contributed by atoms with Crippen molar-refractivity contribution in [2.75, 3.05) is 26.2 Å². The molecular weight excluding hydrogens is 348 g/mol. The molecule has 0 aromatic heterocycles. The second-order valence-electron chi connectivity index (χ2n) is 7.84. The predicted octanol–water partition coefficient (Wildman–Crippen LogP) is 0.0208. The Kier molecular flexibility index (Phi) is 6.34. The maximum absolute atomic E-state index is 13.1. The molecule has 0 aromatic carbocycles. The first-order valence-corrected chi connectivity index (χ1v) is 10.1. The maximum Gasteiger partial charge on any atom is 0.245 e. The smallest absolute Gasteiger partial charge is 0.245 e. The van der Waals surface area contributed by atoms with Crippen LogP contribution in [0.4, 0.5) is 0 Å². The van der Waals surface area contributed by atoms with Crippen molar-refractivity contribution >= 4 is 23.6 Å². The highest BCUT2D eigenvalue weighted by Crippen LogP contribution is 2.27. The zero-order valence-electron chi connectivity index (χ0n) is 16.0. The van der Waals surface area contributed by atoms with Gasteiger partial charge in [0.15, 0.2) is 0 Å². The van der Waals surface area contributed by atoms with Gasteiger partial charge in [0.25, 0.3) is 0 Å². The number of carbonyl (C=O) groups is 4. The zero-order valence-corrected chi connectivity index (χ0v) is 16.0. The summed E-state index contributed by atoms with van der Waals surface area (Å²) >= 11 is 0. The Balaban J connectivity index is 1.72. The molecule has 3 fully saturated rings. The quantitative estimate of drug-likeness (QED) is 0.723. The lowest BCUT2D eigenvalue weighted by Gasteiger charge is -2.42. The molecule has 27 heavy (non-hydrogen) atoms. The van der Waals surface area contributed by atoms with E-state index in [9.17, 15) is 19.2 Å². The van der Waals surface area contributed by atoms with E-state index in [1.807, 2.05) is 0 Å². The molecule has 3 rings (SSSR count). The first-order chi connectivity index (χ1) is 13.0. The van der Waals surface area contributed by atoms with E-state index in [0.717, 1.165) is 38.5 Å². The topological polar surface area (TPSA) is 98.8 Å². The molecule has 4 amide bonds. The highest BCUT2D eigenvalue weighted by molar-refractivity contribution is 5.93. The van der Waals surface area contributed by atoms with Crippen LogP contribution in [0.2, 0.25) is 0 Å². The Morgan fingerprint density at radius 2 is 1.78 bits per heavy atom. The molecule has 2 atom stereocenters. The molecule has 0 aromatic rings. The third-order valence-electron chi connectivity index (χ3n) is 5.97. The zero-order chi connectivity index (χ0) is 19.4. The molecule has 8 heteroatoms. The molecule has 3 aliphatic rings. The molecule has 2 saturated heterocycles. The average Bonchev–Trinajstić information content (AvgIpc) is 2.69. The lowest BCUT2D eigenvalue weighted by Crippen LogP contribution is -2.64. The van der Waals surface area contributed by atoms with Crippen molar-refractivity contribution in [2.45, 2.75) is 64.0 Å². The summed E-state index contributed by atoms with van der Waals surface area (Å²) in [6, 6.07) is -1.29. The van der Waals surface area contributed by atoms with Crippen LogP contribution in [-0.4, -0.2) is 71.7 Å². The summed E-state index contributed by atoms with van der Waals surface area (Å²) in [6.45, 7) is 3.10. The number of hydrogen-bond donors (Lipinski definition) is 2. The molecule has 1 aliphatic carbocycles. The number of amides is 4. The second kappa shape index (κ2) is 8.71. The number of piperidine rings is 1. The van der Waals surface area contributed by atoms with Gasteiger partial charge in [0, 0.05) is 32.5 Å². The van der Waals surface area contributed by atoms with E-state index < -0.39 is 12.1 Å². The lowest BCUT2D eigenvalue weighted by atomic mass is 9.87. The van der Waals surface area contributed by atoms with Crippen molar-refractivity contribution in [2.24, 2.45) is 5.92 Å². The molecule has 0 radical (unpaired) electrons. The highest BCUT2D eigenvalue weighted by Gasteiger charge is 2.40. The fourth-order valence-electron chi connectivity index (χ4n) is 4.32. The van der Waals surface area contributed by atoms with Gasteiger partial charge in [-0.25, -0.2) is 0 Å². The van der Waals surface area contributed by atoms with Gasteiger partial charge in [-0.15, -0.1) is 0 Å². The standard InChI is InChI=1S/C19H30N4O4/c1-13(24)22-10-11-23(19(27)14-6-3-2-4-7-14)16(12-22)18(26)21-15-8-5-9-20-17(15)25/h14-16H,2-12H2,1H3,(H,20,25)(H,21,26)/t15-,16+/m0/s1. The molecule has 8 nitrogen and oxygen atoms in total.